The largest absolute Gasteiger partial charge is 0.382 e. The highest BCUT2D eigenvalue weighted by Crippen LogP contribution is 2.18. The maximum atomic E-state index is 5.51. The summed E-state index contributed by atoms with van der Waals surface area (Å²) in [4.78, 5) is 0. The predicted octanol–water partition coefficient (Wildman–Crippen LogP) is 1.97. The molecule has 3 N–H and O–H groups in total. The monoisotopic (exact) mass is 173 g/mol. The third-order valence-electron chi connectivity index (χ3n) is 1.93. The van der Waals surface area contributed by atoms with E-state index in [2.05, 4.69) is 29.3 Å². The fraction of sp³-hybridized carbons (Fsp3) is 0.100. The van der Waals surface area contributed by atoms with Crippen LogP contribution in [0.5, 0.6) is 0 Å². The maximum absolute atomic E-state index is 5.51. The van der Waals surface area contributed by atoms with Crippen molar-refractivity contribution < 1.29 is 0 Å². The maximum Gasteiger partial charge on any atom is 0.145 e. The Kier molecular flexibility index (Phi) is 1.77. The Morgan fingerprint density at radius 3 is 2.77 bits per heavy atom. The first-order valence-corrected chi connectivity index (χ1v) is 4.13. The van der Waals surface area contributed by atoms with Gasteiger partial charge in [0.05, 0.1) is 5.69 Å². The summed E-state index contributed by atoms with van der Waals surface area (Å²) in [5, 5.41) is 6.75. The first-order chi connectivity index (χ1) is 6.25. The fourth-order valence-corrected chi connectivity index (χ4v) is 1.30. The SMILES string of the molecule is Cc1cccc(-c2cc(N)n[nH]2)c1. The lowest BCUT2D eigenvalue weighted by molar-refractivity contribution is 1.10. The van der Waals surface area contributed by atoms with Crippen molar-refractivity contribution in [1.29, 1.82) is 0 Å². The summed E-state index contributed by atoms with van der Waals surface area (Å²) in [6, 6.07) is 10.0. The Morgan fingerprint density at radius 2 is 2.15 bits per heavy atom. The molecule has 2 aromatic rings. The third-order valence-corrected chi connectivity index (χ3v) is 1.93. The smallest absolute Gasteiger partial charge is 0.145 e. The zero-order chi connectivity index (χ0) is 9.26. The van der Waals surface area contributed by atoms with E-state index in [-0.39, 0.29) is 0 Å². The minimum atomic E-state index is 0.525. The second-order valence-electron chi connectivity index (χ2n) is 3.08. The van der Waals surface area contributed by atoms with E-state index in [4.69, 9.17) is 5.73 Å². The normalized spacial score (nSPS) is 10.2. The highest BCUT2D eigenvalue weighted by molar-refractivity contribution is 5.62. The predicted molar refractivity (Wildman–Crippen MR) is 53.2 cm³/mol. The molecule has 0 saturated carbocycles. The summed E-state index contributed by atoms with van der Waals surface area (Å²) in [6.45, 7) is 2.06. The van der Waals surface area contributed by atoms with Crippen LogP contribution in [0.25, 0.3) is 11.3 Å². The molecule has 3 nitrogen and oxygen atoms in total. The summed E-state index contributed by atoms with van der Waals surface area (Å²) < 4.78 is 0. The molecule has 1 aromatic heterocycles. The van der Waals surface area contributed by atoms with Crippen LogP contribution < -0.4 is 5.73 Å². The Hall–Kier alpha value is -1.77. The molecule has 3 heteroatoms. The van der Waals surface area contributed by atoms with Crippen LogP contribution >= 0.6 is 0 Å². The number of H-pyrrole nitrogens is 1. The van der Waals surface area contributed by atoms with Crippen molar-refractivity contribution in [2.45, 2.75) is 6.92 Å². The van der Waals surface area contributed by atoms with E-state index >= 15 is 0 Å². The van der Waals surface area contributed by atoms with E-state index in [0.29, 0.717) is 5.82 Å². The van der Waals surface area contributed by atoms with Gasteiger partial charge < -0.3 is 5.73 Å². The van der Waals surface area contributed by atoms with Crippen LogP contribution in [0.1, 0.15) is 5.56 Å². The van der Waals surface area contributed by atoms with Crippen molar-refractivity contribution in [3.8, 4) is 11.3 Å². The molecule has 0 spiro atoms. The van der Waals surface area contributed by atoms with E-state index < -0.39 is 0 Å². The molecule has 0 aliphatic heterocycles. The molecule has 13 heavy (non-hydrogen) atoms. The zero-order valence-electron chi connectivity index (χ0n) is 7.41. The standard InChI is InChI=1S/C10H11N3/c1-7-3-2-4-8(5-7)9-6-10(11)13-12-9/h2-6H,1H3,(H3,11,12,13). The number of nitrogens with zero attached hydrogens (tertiary/aromatic N) is 1. The average molecular weight is 173 g/mol. The Bertz CT molecular complexity index is 418. The highest BCUT2D eigenvalue weighted by atomic mass is 15.2. The van der Waals surface area contributed by atoms with E-state index in [9.17, 15) is 0 Å². The average Bonchev–Trinajstić information content (AvgIpc) is 2.52. The number of aryl methyl sites for hydroxylation is 1. The Labute approximate surface area is 76.6 Å². The summed E-state index contributed by atoms with van der Waals surface area (Å²) in [5.41, 5.74) is 8.81. The van der Waals surface area contributed by atoms with E-state index in [1.54, 1.807) is 0 Å². The van der Waals surface area contributed by atoms with Crippen LogP contribution in [0.3, 0.4) is 0 Å². The van der Waals surface area contributed by atoms with Gasteiger partial charge in [0.1, 0.15) is 5.82 Å². The van der Waals surface area contributed by atoms with Gasteiger partial charge in [0.25, 0.3) is 0 Å². The Balaban J connectivity index is 2.46. The molecule has 0 bridgehead atoms. The quantitative estimate of drug-likeness (QED) is 0.692. The summed E-state index contributed by atoms with van der Waals surface area (Å²) in [7, 11) is 0. The van der Waals surface area contributed by atoms with Crippen LogP contribution in [-0.4, -0.2) is 10.2 Å². The van der Waals surface area contributed by atoms with Crippen LogP contribution in [0.4, 0.5) is 5.82 Å². The van der Waals surface area contributed by atoms with Gasteiger partial charge in [0.15, 0.2) is 0 Å². The van der Waals surface area contributed by atoms with Crippen molar-refractivity contribution in [2.75, 3.05) is 5.73 Å². The van der Waals surface area contributed by atoms with Crippen molar-refractivity contribution in [3.63, 3.8) is 0 Å². The number of rotatable bonds is 1. The lowest BCUT2D eigenvalue weighted by Gasteiger charge is -1.97. The zero-order valence-corrected chi connectivity index (χ0v) is 7.41. The molecule has 0 aliphatic carbocycles. The van der Waals surface area contributed by atoms with Crippen molar-refractivity contribution in [1.82, 2.24) is 10.2 Å². The molecule has 2 rings (SSSR count). The number of hydrogen-bond acceptors (Lipinski definition) is 2. The topological polar surface area (TPSA) is 54.7 Å². The van der Waals surface area contributed by atoms with Gasteiger partial charge in [0, 0.05) is 6.07 Å². The molecule has 1 heterocycles. The molecule has 0 radical (unpaired) electrons. The lowest BCUT2D eigenvalue weighted by Crippen LogP contribution is -1.81. The minimum Gasteiger partial charge on any atom is -0.382 e. The molecular formula is C10H11N3. The molecule has 0 unspecified atom stereocenters. The number of anilines is 1. The van der Waals surface area contributed by atoms with Gasteiger partial charge in [-0.1, -0.05) is 23.8 Å². The summed E-state index contributed by atoms with van der Waals surface area (Å²) >= 11 is 0. The van der Waals surface area contributed by atoms with E-state index in [1.165, 1.54) is 5.56 Å². The van der Waals surface area contributed by atoms with Gasteiger partial charge in [-0.3, -0.25) is 5.10 Å². The van der Waals surface area contributed by atoms with Crippen LogP contribution in [0.15, 0.2) is 30.3 Å². The molecule has 0 aliphatic rings. The number of nitrogens with one attached hydrogen (secondary N) is 1. The van der Waals surface area contributed by atoms with E-state index in [1.807, 2.05) is 18.2 Å². The van der Waals surface area contributed by atoms with Crippen molar-refractivity contribution in [2.24, 2.45) is 0 Å². The Morgan fingerprint density at radius 1 is 1.31 bits per heavy atom. The molecule has 0 saturated heterocycles. The number of aromatic nitrogens is 2. The van der Waals surface area contributed by atoms with Crippen LogP contribution in [-0.2, 0) is 0 Å². The minimum absolute atomic E-state index is 0.525. The van der Waals surface area contributed by atoms with Gasteiger partial charge in [-0.05, 0) is 18.6 Å². The van der Waals surface area contributed by atoms with Gasteiger partial charge in [-0.25, -0.2) is 0 Å². The molecule has 0 fully saturated rings. The first kappa shape index (κ1) is 7.86. The van der Waals surface area contributed by atoms with Gasteiger partial charge in [-0.2, -0.15) is 5.10 Å². The number of benzene rings is 1. The first-order valence-electron chi connectivity index (χ1n) is 4.13. The summed E-state index contributed by atoms with van der Waals surface area (Å²) in [5.74, 6) is 0.525. The van der Waals surface area contributed by atoms with Crippen LogP contribution in [0.2, 0.25) is 0 Å². The third kappa shape index (κ3) is 1.54. The van der Waals surface area contributed by atoms with Gasteiger partial charge >= 0.3 is 0 Å². The molecule has 0 amide bonds. The van der Waals surface area contributed by atoms with Gasteiger partial charge in [0.2, 0.25) is 0 Å². The molecule has 1 aromatic carbocycles. The van der Waals surface area contributed by atoms with Gasteiger partial charge in [-0.15, -0.1) is 0 Å². The molecule has 66 valence electrons. The lowest BCUT2D eigenvalue weighted by atomic mass is 10.1. The summed E-state index contributed by atoms with van der Waals surface area (Å²) in [6.07, 6.45) is 0. The second kappa shape index (κ2) is 2.94. The van der Waals surface area contributed by atoms with Crippen LogP contribution in [0, 0.1) is 6.92 Å². The number of aromatic amines is 1. The fourth-order valence-electron chi connectivity index (χ4n) is 1.30. The van der Waals surface area contributed by atoms with E-state index in [0.717, 1.165) is 11.3 Å². The number of hydrogen-bond donors (Lipinski definition) is 2. The highest BCUT2D eigenvalue weighted by Gasteiger charge is 2.00. The number of nitrogens with two attached hydrogens (primary N) is 1. The second-order valence-corrected chi connectivity index (χ2v) is 3.08. The number of nitrogen functional groups attached to an aromatic ring is 1. The van der Waals surface area contributed by atoms with Crippen molar-refractivity contribution in [3.05, 3.63) is 35.9 Å². The molecular weight excluding hydrogens is 162 g/mol. The molecule has 0 atom stereocenters. The van der Waals surface area contributed by atoms with Crippen molar-refractivity contribution >= 4 is 5.82 Å².